The highest BCUT2D eigenvalue weighted by molar-refractivity contribution is 5.71. The molecule has 0 radical (unpaired) electrons. The zero-order chi connectivity index (χ0) is 55.0. The molecule has 440 valence electrons. The van der Waals surface area contributed by atoms with Gasteiger partial charge in [0.2, 0.25) is 0 Å². The molecule has 6 heteroatoms. The Kier molecular flexibility index (Phi) is 61.7. The summed E-state index contributed by atoms with van der Waals surface area (Å²) in [5, 5.41) is 0. The molecule has 1 atom stereocenters. The number of esters is 3. The van der Waals surface area contributed by atoms with Crippen molar-refractivity contribution in [1.29, 1.82) is 0 Å². The van der Waals surface area contributed by atoms with E-state index in [1.54, 1.807) is 0 Å². The third kappa shape index (κ3) is 61.7. The predicted octanol–water partition coefficient (Wildman–Crippen LogP) is 22.5. The molecule has 0 aliphatic rings. The lowest BCUT2D eigenvalue weighted by atomic mass is 10.0. The molecule has 0 aliphatic heterocycles. The predicted molar refractivity (Wildman–Crippen MR) is 330 cm³/mol. The van der Waals surface area contributed by atoms with Crippen molar-refractivity contribution in [2.24, 2.45) is 0 Å². The average molecular weight is 1060 g/mol. The summed E-state index contributed by atoms with van der Waals surface area (Å²) >= 11 is 0. The summed E-state index contributed by atoms with van der Waals surface area (Å²) < 4.78 is 16.9. The van der Waals surface area contributed by atoms with Crippen molar-refractivity contribution in [3.8, 4) is 0 Å². The summed E-state index contributed by atoms with van der Waals surface area (Å²) in [5.41, 5.74) is 0. The van der Waals surface area contributed by atoms with Crippen molar-refractivity contribution in [3.63, 3.8) is 0 Å². The van der Waals surface area contributed by atoms with Crippen LogP contribution in [-0.4, -0.2) is 37.2 Å². The van der Waals surface area contributed by atoms with Crippen LogP contribution in [0.1, 0.15) is 335 Å². The number of carbonyl (C=O) groups excluding carboxylic acids is 3. The molecule has 0 N–H and O–H groups in total. The van der Waals surface area contributed by atoms with E-state index in [0.717, 1.165) is 103 Å². The standard InChI is InChI=1S/C70H124O6/c1-4-7-10-13-16-19-22-25-28-30-32-34-35-37-38-40-42-45-48-51-54-57-60-63-69(72)75-66-67(65-74-68(71)62-59-56-53-50-47-44-27-24-21-18-15-12-9-6-3)76-70(73)64-61-58-55-52-49-46-43-41-39-36-33-31-29-26-23-20-17-14-11-8-5-2/h22-23,25-26,30-33,35,37,39,41,67H,4-21,24,27-29,34,36,38,40,42-66H2,1-3H3/b25-22-,26-23-,32-30-,33-31-,37-35-,41-39-. The van der Waals surface area contributed by atoms with E-state index in [1.165, 1.54) is 193 Å². The Labute approximate surface area is 472 Å². The average Bonchev–Trinajstić information content (AvgIpc) is 3.42. The molecule has 0 bridgehead atoms. The van der Waals surface area contributed by atoms with E-state index in [1.807, 2.05) is 0 Å². The Morgan fingerprint density at radius 1 is 0.263 bits per heavy atom. The van der Waals surface area contributed by atoms with Gasteiger partial charge < -0.3 is 14.2 Å². The normalized spacial score (nSPS) is 12.5. The molecule has 0 saturated carbocycles. The second-order valence-corrected chi connectivity index (χ2v) is 22.0. The van der Waals surface area contributed by atoms with Crippen molar-refractivity contribution < 1.29 is 28.6 Å². The van der Waals surface area contributed by atoms with Crippen LogP contribution in [-0.2, 0) is 28.6 Å². The van der Waals surface area contributed by atoms with Crippen LogP contribution in [0.25, 0.3) is 0 Å². The van der Waals surface area contributed by atoms with Crippen LogP contribution in [0.3, 0.4) is 0 Å². The topological polar surface area (TPSA) is 78.9 Å². The number of hydrogen-bond acceptors (Lipinski definition) is 6. The number of unbranched alkanes of at least 4 members (excludes halogenated alkanes) is 37. The van der Waals surface area contributed by atoms with Crippen molar-refractivity contribution in [1.82, 2.24) is 0 Å². The van der Waals surface area contributed by atoms with Gasteiger partial charge in [-0.1, -0.05) is 293 Å². The highest BCUT2D eigenvalue weighted by Crippen LogP contribution is 2.16. The maximum absolute atomic E-state index is 12.9. The first-order chi connectivity index (χ1) is 37.5. The van der Waals surface area contributed by atoms with Crippen LogP contribution in [0.5, 0.6) is 0 Å². The number of allylic oxidation sites excluding steroid dienone is 12. The van der Waals surface area contributed by atoms with Crippen LogP contribution >= 0.6 is 0 Å². The lowest BCUT2D eigenvalue weighted by Crippen LogP contribution is -2.30. The Balaban J connectivity index is 4.37. The van der Waals surface area contributed by atoms with Crippen LogP contribution in [0.2, 0.25) is 0 Å². The minimum absolute atomic E-state index is 0.0804. The van der Waals surface area contributed by atoms with Crippen molar-refractivity contribution in [3.05, 3.63) is 72.9 Å². The molecule has 0 aromatic carbocycles. The van der Waals surface area contributed by atoms with Gasteiger partial charge in [-0.2, -0.15) is 0 Å². The molecule has 0 rings (SSSR count). The first kappa shape index (κ1) is 72.8. The van der Waals surface area contributed by atoms with E-state index in [9.17, 15) is 14.4 Å². The van der Waals surface area contributed by atoms with Crippen LogP contribution < -0.4 is 0 Å². The molecule has 0 spiro atoms. The quantitative estimate of drug-likeness (QED) is 0.0261. The van der Waals surface area contributed by atoms with Gasteiger partial charge in [0.1, 0.15) is 13.2 Å². The van der Waals surface area contributed by atoms with E-state index in [4.69, 9.17) is 14.2 Å². The molecule has 0 saturated heterocycles. The van der Waals surface area contributed by atoms with Crippen LogP contribution in [0.15, 0.2) is 72.9 Å². The van der Waals surface area contributed by atoms with Crippen molar-refractivity contribution >= 4 is 17.9 Å². The van der Waals surface area contributed by atoms with Crippen molar-refractivity contribution in [2.75, 3.05) is 13.2 Å². The van der Waals surface area contributed by atoms with E-state index in [-0.39, 0.29) is 31.1 Å². The van der Waals surface area contributed by atoms with E-state index in [2.05, 4.69) is 93.7 Å². The summed E-state index contributed by atoms with van der Waals surface area (Å²) in [6, 6.07) is 0. The maximum Gasteiger partial charge on any atom is 0.306 e. The molecule has 0 aromatic rings. The van der Waals surface area contributed by atoms with E-state index < -0.39 is 6.10 Å². The minimum atomic E-state index is -0.786. The molecule has 0 amide bonds. The lowest BCUT2D eigenvalue weighted by Gasteiger charge is -2.18. The highest BCUT2D eigenvalue weighted by atomic mass is 16.6. The van der Waals surface area contributed by atoms with Gasteiger partial charge >= 0.3 is 17.9 Å². The van der Waals surface area contributed by atoms with E-state index in [0.29, 0.717) is 19.3 Å². The van der Waals surface area contributed by atoms with Gasteiger partial charge in [-0.3, -0.25) is 14.4 Å². The van der Waals surface area contributed by atoms with Crippen molar-refractivity contribution in [2.45, 2.75) is 341 Å². The van der Waals surface area contributed by atoms with Gasteiger partial charge in [-0.05, 0) is 96.3 Å². The SMILES string of the molecule is CCCCCCC/C=C\C/C=C\C/C=C\CCCCCCCCCCC(=O)OCC(COC(=O)CCCCCCCCCCCCCCCC)OC(=O)CCCCCCCC/C=C\C/C=C\C/C=C\CCCCCCC. The van der Waals surface area contributed by atoms with Gasteiger partial charge in [0.05, 0.1) is 0 Å². The van der Waals surface area contributed by atoms with Gasteiger partial charge in [0.15, 0.2) is 6.10 Å². The molecule has 0 heterocycles. The fraction of sp³-hybridized carbons (Fsp3) is 0.786. The van der Waals surface area contributed by atoms with Gasteiger partial charge in [-0.25, -0.2) is 0 Å². The summed E-state index contributed by atoms with van der Waals surface area (Å²) in [4.78, 5) is 38.3. The summed E-state index contributed by atoms with van der Waals surface area (Å²) in [6.07, 6.45) is 83.3. The largest absolute Gasteiger partial charge is 0.462 e. The molecular weight excluding hydrogens is 937 g/mol. The molecule has 0 aromatic heterocycles. The zero-order valence-corrected chi connectivity index (χ0v) is 50.5. The van der Waals surface area contributed by atoms with Gasteiger partial charge in [0.25, 0.3) is 0 Å². The number of ether oxygens (including phenoxy) is 3. The Bertz CT molecular complexity index is 1400. The Morgan fingerprint density at radius 3 is 0.737 bits per heavy atom. The molecule has 6 nitrogen and oxygen atoms in total. The van der Waals surface area contributed by atoms with Gasteiger partial charge in [-0.15, -0.1) is 0 Å². The third-order valence-electron chi connectivity index (χ3n) is 14.4. The fourth-order valence-corrected chi connectivity index (χ4v) is 9.46. The number of rotatable bonds is 60. The smallest absolute Gasteiger partial charge is 0.306 e. The number of hydrogen-bond donors (Lipinski definition) is 0. The third-order valence-corrected chi connectivity index (χ3v) is 14.4. The molecule has 0 aliphatic carbocycles. The lowest BCUT2D eigenvalue weighted by molar-refractivity contribution is -0.167. The highest BCUT2D eigenvalue weighted by Gasteiger charge is 2.19. The molecule has 76 heavy (non-hydrogen) atoms. The van der Waals surface area contributed by atoms with Gasteiger partial charge in [0, 0.05) is 19.3 Å². The Hall–Kier alpha value is -3.15. The maximum atomic E-state index is 12.9. The molecular formula is C70H124O6. The summed E-state index contributed by atoms with van der Waals surface area (Å²) in [6.45, 7) is 6.64. The first-order valence-corrected chi connectivity index (χ1v) is 32.9. The van der Waals surface area contributed by atoms with Crippen LogP contribution in [0, 0.1) is 0 Å². The first-order valence-electron chi connectivity index (χ1n) is 32.9. The molecule has 1 unspecified atom stereocenters. The Morgan fingerprint density at radius 2 is 0.474 bits per heavy atom. The fourth-order valence-electron chi connectivity index (χ4n) is 9.46. The molecule has 0 fully saturated rings. The summed E-state index contributed by atoms with van der Waals surface area (Å²) in [5.74, 6) is -0.884. The second-order valence-electron chi connectivity index (χ2n) is 22.0. The monoisotopic (exact) mass is 1060 g/mol. The minimum Gasteiger partial charge on any atom is -0.462 e. The number of carbonyl (C=O) groups is 3. The van der Waals surface area contributed by atoms with Crippen LogP contribution in [0.4, 0.5) is 0 Å². The second kappa shape index (κ2) is 64.4. The zero-order valence-electron chi connectivity index (χ0n) is 50.5. The summed E-state index contributed by atoms with van der Waals surface area (Å²) in [7, 11) is 0. The van der Waals surface area contributed by atoms with E-state index >= 15 is 0 Å².